The summed E-state index contributed by atoms with van der Waals surface area (Å²) in [6, 6.07) is 23.3. The van der Waals surface area contributed by atoms with Gasteiger partial charge in [-0.25, -0.2) is 9.97 Å². The standard InChI is InChI=1S/C30H24N3O2.Pt/c1-17-12-13-31-27(14-17)33-24-7-5-6-18(2)29(24)23-9-8-21(16-25(23)33)35-28-11-10-22-20(4)19(3)15-26(34)30(22)32-28;/h5-15,34H,1-4H3;/q-1;. The Morgan fingerprint density at radius 3 is 2.50 bits per heavy atom. The van der Waals surface area contributed by atoms with Crippen molar-refractivity contribution in [1.82, 2.24) is 14.5 Å². The van der Waals surface area contributed by atoms with E-state index in [1.54, 1.807) is 6.07 Å². The minimum absolute atomic E-state index is 0. The number of hydrogen-bond donors (Lipinski definition) is 1. The van der Waals surface area contributed by atoms with E-state index in [-0.39, 0.29) is 26.8 Å². The van der Waals surface area contributed by atoms with Gasteiger partial charge in [-0.1, -0.05) is 23.2 Å². The third kappa shape index (κ3) is 3.84. The van der Waals surface area contributed by atoms with Crippen molar-refractivity contribution in [3.05, 3.63) is 95.2 Å². The number of fused-ring (bicyclic) bond motifs is 4. The molecule has 0 aliphatic carbocycles. The van der Waals surface area contributed by atoms with Gasteiger partial charge in [0.15, 0.2) is 0 Å². The normalized spacial score (nSPS) is 11.2. The van der Waals surface area contributed by atoms with Crippen LogP contribution in [-0.2, 0) is 21.1 Å². The number of phenolic OH excluding ortho intramolecular Hbond substituents is 1. The van der Waals surface area contributed by atoms with E-state index in [2.05, 4.69) is 64.8 Å². The molecule has 0 aliphatic heterocycles. The summed E-state index contributed by atoms with van der Waals surface area (Å²) in [7, 11) is 0. The third-order valence-electron chi connectivity index (χ3n) is 6.69. The number of aromatic hydroxyl groups is 1. The molecule has 0 amide bonds. The number of aryl methyl sites for hydroxylation is 4. The second-order valence-corrected chi connectivity index (χ2v) is 9.07. The Bertz CT molecular complexity index is 1790. The largest absolute Gasteiger partial charge is 0.506 e. The Morgan fingerprint density at radius 1 is 0.889 bits per heavy atom. The molecule has 0 fully saturated rings. The van der Waals surface area contributed by atoms with E-state index < -0.39 is 0 Å². The number of phenols is 1. The van der Waals surface area contributed by atoms with E-state index in [1.807, 2.05) is 44.3 Å². The van der Waals surface area contributed by atoms with Crippen LogP contribution in [0.2, 0.25) is 0 Å². The van der Waals surface area contributed by atoms with E-state index in [1.165, 1.54) is 10.9 Å². The zero-order valence-electron chi connectivity index (χ0n) is 20.4. The molecule has 182 valence electrons. The van der Waals surface area contributed by atoms with Gasteiger partial charge in [-0.2, -0.15) is 6.07 Å². The van der Waals surface area contributed by atoms with Crippen LogP contribution in [0.25, 0.3) is 38.5 Å². The molecule has 6 heteroatoms. The first-order valence-electron chi connectivity index (χ1n) is 11.6. The van der Waals surface area contributed by atoms with Crippen molar-refractivity contribution in [2.75, 3.05) is 0 Å². The van der Waals surface area contributed by atoms with Crippen LogP contribution in [-0.4, -0.2) is 19.6 Å². The van der Waals surface area contributed by atoms with Crippen LogP contribution in [0.4, 0.5) is 0 Å². The second-order valence-electron chi connectivity index (χ2n) is 9.07. The van der Waals surface area contributed by atoms with Gasteiger partial charge in [-0.15, -0.1) is 17.5 Å². The van der Waals surface area contributed by atoms with Crippen molar-refractivity contribution in [3.63, 3.8) is 0 Å². The predicted octanol–water partition coefficient (Wildman–Crippen LogP) is 7.26. The smallest absolute Gasteiger partial charge is 0.217 e. The quantitative estimate of drug-likeness (QED) is 0.205. The topological polar surface area (TPSA) is 60.2 Å². The van der Waals surface area contributed by atoms with Gasteiger partial charge in [0.1, 0.15) is 17.1 Å². The Labute approximate surface area is 223 Å². The molecule has 1 N–H and O–H groups in total. The van der Waals surface area contributed by atoms with E-state index in [9.17, 15) is 5.11 Å². The van der Waals surface area contributed by atoms with Gasteiger partial charge in [0.2, 0.25) is 5.88 Å². The monoisotopic (exact) mass is 653 g/mol. The second kappa shape index (κ2) is 9.07. The zero-order valence-corrected chi connectivity index (χ0v) is 22.6. The Balaban J connectivity index is 0.00000267. The van der Waals surface area contributed by atoms with E-state index in [4.69, 9.17) is 4.74 Å². The fourth-order valence-electron chi connectivity index (χ4n) is 4.79. The van der Waals surface area contributed by atoms with Gasteiger partial charge in [-0.3, -0.25) is 0 Å². The summed E-state index contributed by atoms with van der Waals surface area (Å²) < 4.78 is 8.28. The predicted molar refractivity (Wildman–Crippen MR) is 140 cm³/mol. The minimum atomic E-state index is 0. The summed E-state index contributed by atoms with van der Waals surface area (Å²) in [4.78, 5) is 9.24. The molecule has 0 unspecified atom stereocenters. The van der Waals surface area contributed by atoms with Crippen molar-refractivity contribution >= 4 is 32.7 Å². The first kappa shape index (κ1) is 24.0. The molecule has 3 aromatic heterocycles. The number of pyridine rings is 2. The van der Waals surface area contributed by atoms with Crippen LogP contribution in [0.3, 0.4) is 0 Å². The van der Waals surface area contributed by atoms with Crippen molar-refractivity contribution in [3.8, 4) is 23.2 Å². The maximum Gasteiger partial charge on any atom is 0.217 e. The molecule has 6 aromatic rings. The van der Waals surface area contributed by atoms with Gasteiger partial charge in [0, 0.05) is 50.0 Å². The fraction of sp³-hybridized carbons (Fsp3) is 0.133. The zero-order chi connectivity index (χ0) is 24.3. The van der Waals surface area contributed by atoms with Crippen LogP contribution in [0.5, 0.6) is 17.4 Å². The number of rotatable bonds is 3. The average molecular weight is 654 g/mol. The molecule has 0 aliphatic rings. The summed E-state index contributed by atoms with van der Waals surface area (Å²) in [5.41, 5.74) is 6.94. The molecule has 0 radical (unpaired) electrons. The SMILES string of the molecule is Cc1ccnc(-n2c3[c-]c(Oc4ccc5c(C)c(C)cc(O)c5n4)ccc3c3c(C)cccc32)c1.[Pt]. The van der Waals surface area contributed by atoms with Crippen LogP contribution in [0, 0.1) is 33.8 Å². The molecular formula is C30H24N3O2Pt-. The summed E-state index contributed by atoms with van der Waals surface area (Å²) in [5, 5.41) is 13.6. The first-order valence-corrected chi connectivity index (χ1v) is 11.6. The molecular weight excluding hydrogens is 629 g/mol. The number of aromatic nitrogens is 3. The van der Waals surface area contributed by atoms with E-state index in [0.717, 1.165) is 44.3 Å². The Morgan fingerprint density at radius 2 is 1.69 bits per heavy atom. The summed E-state index contributed by atoms with van der Waals surface area (Å²) in [6.45, 7) is 8.19. The van der Waals surface area contributed by atoms with Gasteiger partial charge in [0.25, 0.3) is 0 Å². The molecule has 0 spiro atoms. The van der Waals surface area contributed by atoms with Gasteiger partial charge >= 0.3 is 0 Å². The van der Waals surface area contributed by atoms with Crippen LogP contribution < -0.4 is 4.74 Å². The van der Waals surface area contributed by atoms with Crippen LogP contribution in [0.1, 0.15) is 22.3 Å². The van der Waals surface area contributed by atoms with Gasteiger partial charge in [-0.05, 0) is 80.1 Å². The maximum atomic E-state index is 10.5. The number of hydrogen-bond acceptors (Lipinski definition) is 4. The van der Waals surface area contributed by atoms with Crippen molar-refractivity contribution in [2.24, 2.45) is 0 Å². The fourth-order valence-corrected chi connectivity index (χ4v) is 4.79. The summed E-state index contributed by atoms with van der Waals surface area (Å²) >= 11 is 0. The molecule has 5 nitrogen and oxygen atoms in total. The first-order chi connectivity index (χ1) is 16.9. The molecule has 0 saturated heterocycles. The number of nitrogens with zero attached hydrogens (tertiary/aromatic N) is 3. The molecule has 0 saturated carbocycles. The van der Waals surface area contributed by atoms with Crippen LogP contribution >= 0.6 is 0 Å². The van der Waals surface area contributed by atoms with E-state index in [0.29, 0.717) is 17.1 Å². The van der Waals surface area contributed by atoms with Crippen molar-refractivity contribution in [1.29, 1.82) is 0 Å². The van der Waals surface area contributed by atoms with Gasteiger partial charge in [0.05, 0.1) is 0 Å². The summed E-state index contributed by atoms with van der Waals surface area (Å²) in [5.74, 6) is 1.93. The Kier molecular flexibility index (Phi) is 6.05. The Hall–Kier alpha value is -3.69. The third-order valence-corrected chi connectivity index (χ3v) is 6.69. The van der Waals surface area contributed by atoms with Crippen LogP contribution in [0.15, 0.2) is 66.9 Å². The molecule has 0 bridgehead atoms. The number of benzene rings is 3. The molecule has 3 heterocycles. The molecule has 3 aromatic carbocycles. The van der Waals surface area contributed by atoms with Crippen molar-refractivity contribution < 1.29 is 30.9 Å². The molecule has 6 rings (SSSR count). The maximum absolute atomic E-state index is 10.5. The van der Waals surface area contributed by atoms with Crippen molar-refractivity contribution in [2.45, 2.75) is 27.7 Å². The minimum Gasteiger partial charge on any atom is -0.506 e. The molecule has 36 heavy (non-hydrogen) atoms. The number of ether oxygens (including phenoxy) is 1. The summed E-state index contributed by atoms with van der Waals surface area (Å²) in [6.07, 6.45) is 1.83. The average Bonchev–Trinajstić information content (AvgIpc) is 3.17. The van der Waals surface area contributed by atoms with E-state index >= 15 is 0 Å². The molecule has 0 atom stereocenters. The van der Waals surface area contributed by atoms with Gasteiger partial charge < -0.3 is 14.4 Å².